The van der Waals surface area contributed by atoms with E-state index in [4.69, 9.17) is 9.84 Å². The van der Waals surface area contributed by atoms with E-state index in [1.807, 2.05) is 18.2 Å². The fourth-order valence-corrected chi connectivity index (χ4v) is 3.18. The van der Waals surface area contributed by atoms with Gasteiger partial charge in [0, 0.05) is 17.3 Å². The first kappa shape index (κ1) is 18.7. The maximum atomic E-state index is 11.9. The molecule has 0 heterocycles. The molecular formula is C17H22N2O6. The minimum absolute atomic E-state index is 0.0441. The van der Waals surface area contributed by atoms with E-state index in [0.717, 1.165) is 5.56 Å². The minimum atomic E-state index is -1.21. The molecule has 1 fully saturated rings. The Morgan fingerprint density at radius 1 is 1.24 bits per heavy atom. The van der Waals surface area contributed by atoms with Gasteiger partial charge in [-0.05, 0) is 37.2 Å². The number of carbonyl (C=O) groups excluding carboxylic acids is 1. The lowest BCUT2D eigenvalue weighted by Gasteiger charge is -2.29. The van der Waals surface area contributed by atoms with Crippen LogP contribution in [0.15, 0.2) is 30.3 Å². The van der Waals surface area contributed by atoms with Gasteiger partial charge in [0.25, 0.3) is 6.17 Å². The average Bonchev–Trinajstić information content (AvgIpc) is 2.59. The highest BCUT2D eigenvalue weighted by Gasteiger charge is 2.36. The first-order chi connectivity index (χ1) is 12.0. The van der Waals surface area contributed by atoms with E-state index in [1.54, 1.807) is 12.1 Å². The molecule has 1 aliphatic carbocycles. The second-order valence-corrected chi connectivity index (χ2v) is 6.31. The van der Waals surface area contributed by atoms with Crippen LogP contribution >= 0.6 is 0 Å². The maximum Gasteiger partial charge on any atom is 0.412 e. The first-order valence-electron chi connectivity index (χ1n) is 8.28. The predicted octanol–water partition coefficient (Wildman–Crippen LogP) is 2.80. The quantitative estimate of drug-likeness (QED) is 0.443. The molecule has 0 radical (unpaired) electrons. The molecule has 8 heteroatoms. The van der Waals surface area contributed by atoms with Crippen molar-refractivity contribution in [3.8, 4) is 0 Å². The second-order valence-electron chi connectivity index (χ2n) is 6.31. The standard InChI is InChI=1S/C17H22N2O6/c20-15(21)10-12-6-8-14(9-7-12)16(19(23)24)18-17(22)25-11-13-4-2-1-3-5-13/h1-5,12,14,16H,6-11H2,(H,18,22)(H,20,21). The van der Waals surface area contributed by atoms with Crippen molar-refractivity contribution in [2.24, 2.45) is 11.8 Å². The summed E-state index contributed by atoms with van der Waals surface area (Å²) in [5.41, 5.74) is 0.796. The summed E-state index contributed by atoms with van der Waals surface area (Å²) in [4.78, 5) is 33.4. The smallest absolute Gasteiger partial charge is 0.412 e. The summed E-state index contributed by atoms with van der Waals surface area (Å²) in [5, 5.41) is 22.5. The van der Waals surface area contributed by atoms with Crippen molar-refractivity contribution in [1.82, 2.24) is 5.32 Å². The van der Waals surface area contributed by atoms with Crippen molar-refractivity contribution in [3.05, 3.63) is 46.0 Å². The Hall–Kier alpha value is -2.64. The largest absolute Gasteiger partial charge is 0.481 e. The Morgan fingerprint density at radius 3 is 2.44 bits per heavy atom. The zero-order valence-corrected chi connectivity index (χ0v) is 13.8. The highest BCUT2D eigenvalue weighted by Crippen LogP contribution is 2.32. The lowest BCUT2D eigenvalue weighted by molar-refractivity contribution is -0.538. The zero-order valence-electron chi connectivity index (χ0n) is 13.8. The summed E-state index contributed by atoms with van der Waals surface area (Å²) >= 11 is 0. The molecule has 1 saturated carbocycles. The van der Waals surface area contributed by atoms with Crippen molar-refractivity contribution < 1.29 is 24.4 Å². The number of nitrogens with zero attached hydrogens (tertiary/aromatic N) is 1. The first-order valence-corrected chi connectivity index (χ1v) is 8.28. The molecule has 2 N–H and O–H groups in total. The number of nitrogens with one attached hydrogen (secondary N) is 1. The number of amides is 1. The third-order valence-corrected chi connectivity index (χ3v) is 4.51. The van der Waals surface area contributed by atoms with Crippen molar-refractivity contribution in [2.75, 3.05) is 0 Å². The monoisotopic (exact) mass is 350 g/mol. The van der Waals surface area contributed by atoms with Gasteiger partial charge in [-0.1, -0.05) is 30.3 Å². The van der Waals surface area contributed by atoms with Gasteiger partial charge in [-0.3, -0.25) is 20.2 Å². The van der Waals surface area contributed by atoms with Gasteiger partial charge in [0.15, 0.2) is 0 Å². The lowest BCUT2D eigenvalue weighted by atomic mass is 9.79. The van der Waals surface area contributed by atoms with Crippen LogP contribution in [0.25, 0.3) is 0 Å². The van der Waals surface area contributed by atoms with Crippen LogP contribution < -0.4 is 5.32 Å². The van der Waals surface area contributed by atoms with E-state index >= 15 is 0 Å². The number of carbonyl (C=O) groups is 2. The van der Waals surface area contributed by atoms with Gasteiger partial charge in [0.2, 0.25) is 0 Å². The number of carboxylic acids is 1. The Labute approximate surface area is 145 Å². The van der Waals surface area contributed by atoms with E-state index < -0.39 is 23.2 Å². The third-order valence-electron chi connectivity index (χ3n) is 4.51. The van der Waals surface area contributed by atoms with Gasteiger partial charge in [-0.15, -0.1) is 0 Å². The number of carboxylic acid groups (broad SMARTS) is 1. The molecule has 0 bridgehead atoms. The predicted molar refractivity (Wildman–Crippen MR) is 88.2 cm³/mol. The molecule has 0 saturated heterocycles. The highest BCUT2D eigenvalue weighted by atomic mass is 16.6. The van der Waals surface area contributed by atoms with Gasteiger partial charge in [-0.25, -0.2) is 4.79 Å². The number of nitro groups is 1. The summed E-state index contributed by atoms with van der Waals surface area (Å²) in [7, 11) is 0. The maximum absolute atomic E-state index is 11.9. The number of rotatable bonds is 7. The minimum Gasteiger partial charge on any atom is -0.481 e. The normalized spacial score (nSPS) is 21.1. The SMILES string of the molecule is O=C(O)CC1CCC(C(NC(=O)OCc2ccccc2)[N+](=O)[O-])CC1. The molecule has 0 aromatic heterocycles. The molecule has 0 spiro atoms. The van der Waals surface area contributed by atoms with Crippen molar-refractivity contribution in [2.45, 2.75) is 44.9 Å². The van der Waals surface area contributed by atoms with E-state index in [1.165, 1.54) is 0 Å². The molecule has 1 aromatic carbocycles. The number of alkyl carbamates (subject to hydrolysis) is 1. The van der Waals surface area contributed by atoms with Gasteiger partial charge >= 0.3 is 12.1 Å². The number of aliphatic carboxylic acids is 1. The van der Waals surface area contributed by atoms with Gasteiger partial charge in [0.1, 0.15) is 6.61 Å². The summed E-state index contributed by atoms with van der Waals surface area (Å²) < 4.78 is 5.04. The molecule has 1 aromatic rings. The molecular weight excluding hydrogens is 328 g/mol. The lowest BCUT2D eigenvalue weighted by Crippen LogP contribution is -2.47. The molecule has 0 aliphatic heterocycles. The van der Waals surface area contributed by atoms with Crippen molar-refractivity contribution >= 4 is 12.1 Å². The van der Waals surface area contributed by atoms with Crippen molar-refractivity contribution in [1.29, 1.82) is 0 Å². The molecule has 1 amide bonds. The Balaban J connectivity index is 1.83. The van der Waals surface area contributed by atoms with Crippen LogP contribution in [0.2, 0.25) is 0 Å². The molecule has 8 nitrogen and oxygen atoms in total. The second kappa shape index (κ2) is 9.00. The Bertz CT molecular complexity index is 598. The summed E-state index contributed by atoms with van der Waals surface area (Å²) in [6, 6.07) is 9.05. The van der Waals surface area contributed by atoms with Gasteiger partial charge in [0.05, 0.1) is 0 Å². The number of hydrogen-bond acceptors (Lipinski definition) is 5. The molecule has 1 aliphatic rings. The number of benzene rings is 1. The van der Waals surface area contributed by atoms with Crippen LogP contribution in [-0.2, 0) is 16.1 Å². The summed E-state index contributed by atoms with van der Waals surface area (Å²) in [6.07, 6.45) is 0.310. The molecule has 2 rings (SSSR count). The average molecular weight is 350 g/mol. The number of hydrogen-bond donors (Lipinski definition) is 2. The Kier molecular flexibility index (Phi) is 6.73. The molecule has 1 unspecified atom stereocenters. The highest BCUT2D eigenvalue weighted by molar-refractivity contribution is 5.67. The van der Waals surface area contributed by atoms with Crippen LogP contribution in [0.4, 0.5) is 4.79 Å². The number of ether oxygens (including phenoxy) is 1. The summed E-state index contributed by atoms with van der Waals surface area (Å²) in [6.45, 7) is 0.0441. The third kappa shape index (κ3) is 6.06. The van der Waals surface area contributed by atoms with E-state index in [0.29, 0.717) is 25.7 Å². The van der Waals surface area contributed by atoms with Crippen LogP contribution in [0.5, 0.6) is 0 Å². The van der Waals surface area contributed by atoms with Gasteiger partial charge < -0.3 is 9.84 Å². The van der Waals surface area contributed by atoms with E-state index in [2.05, 4.69) is 5.32 Å². The summed E-state index contributed by atoms with van der Waals surface area (Å²) in [5.74, 6) is -1.12. The Morgan fingerprint density at radius 2 is 1.88 bits per heavy atom. The molecule has 136 valence electrons. The molecule has 1 atom stereocenters. The fourth-order valence-electron chi connectivity index (χ4n) is 3.18. The van der Waals surface area contributed by atoms with Gasteiger partial charge in [-0.2, -0.15) is 0 Å². The van der Waals surface area contributed by atoms with Crippen LogP contribution in [0.3, 0.4) is 0 Å². The van der Waals surface area contributed by atoms with E-state index in [-0.39, 0.29) is 24.9 Å². The van der Waals surface area contributed by atoms with Crippen LogP contribution in [0.1, 0.15) is 37.7 Å². The van der Waals surface area contributed by atoms with Crippen LogP contribution in [0, 0.1) is 22.0 Å². The van der Waals surface area contributed by atoms with E-state index in [9.17, 15) is 19.7 Å². The van der Waals surface area contributed by atoms with Crippen molar-refractivity contribution in [3.63, 3.8) is 0 Å². The molecule has 25 heavy (non-hydrogen) atoms. The topological polar surface area (TPSA) is 119 Å². The zero-order chi connectivity index (χ0) is 18.2. The van der Waals surface area contributed by atoms with Crippen LogP contribution in [-0.4, -0.2) is 28.3 Å². The fraction of sp³-hybridized carbons (Fsp3) is 0.529.